The Morgan fingerprint density at radius 3 is 2.86 bits per heavy atom. The summed E-state index contributed by atoms with van der Waals surface area (Å²) in [5.41, 5.74) is 4.42. The quantitative estimate of drug-likeness (QED) is 0.602. The normalized spacial score (nSPS) is 16.6. The standard InChI is InChI=1S/C24H26N4/c25-16-19-9-1-2-10-20(19)24-15-23(21-11-3-4-12-22(21)28-24)27-14-6-8-18-7-5-13-26-17-18/h1-4,9-12,15,18,26H,5-8,13-14,17H2,(H,27,28). The fraction of sp³-hybridized carbons (Fsp3) is 0.333. The molecular formula is C24H26N4. The van der Waals surface area contributed by atoms with E-state index in [1.807, 2.05) is 42.5 Å². The minimum Gasteiger partial charge on any atom is -0.384 e. The van der Waals surface area contributed by atoms with Gasteiger partial charge in [0.1, 0.15) is 0 Å². The molecule has 1 aliphatic rings. The van der Waals surface area contributed by atoms with Crippen LogP contribution in [-0.4, -0.2) is 24.6 Å². The van der Waals surface area contributed by atoms with Crippen LogP contribution in [0.1, 0.15) is 31.2 Å². The molecule has 0 saturated carbocycles. The molecule has 1 aliphatic heterocycles. The summed E-state index contributed by atoms with van der Waals surface area (Å²) in [5.74, 6) is 0.808. The number of benzene rings is 2. The van der Waals surface area contributed by atoms with E-state index < -0.39 is 0 Å². The molecule has 2 aromatic carbocycles. The summed E-state index contributed by atoms with van der Waals surface area (Å²) in [7, 11) is 0. The molecule has 4 nitrogen and oxygen atoms in total. The first-order valence-corrected chi connectivity index (χ1v) is 10.2. The SMILES string of the molecule is N#Cc1ccccc1-c1cc(NCCCC2CCCNC2)c2ccccc2n1. The molecule has 3 aromatic rings. The van der Waals surface area contributed by atoms with Gasteiger partial charge in [-0.3, -0.25) is 0 Å². The number of nitrogens with one attached hydrogen (secondary N) is 2. The van der Waals surface area contributed by atoms with Gasteiger partial charge in [0.15, 0.2) is 0 Å². The lowest BCUT2D eigenvalue weighted by atomic mass is 9.95. The van der Waals surface area contributed by atoms with Gasteiger partial charge in [0.2, 0.25) is 0 Å². The van der Waals surface area contributed by atoms with Crippen molar-refractivity contribution in [1.29, 1.82) is 5.26 Å². The van der Waals surface area contributed by atoms with Crippen molar-refractivity contribution < 1.29 is 0 Å². The van der Waals surface area contributed by atoms with Crippen LogP contribution in [0.3, 0.4) is 0 Å². The molecule has 4 rings (SSSR count). The van der Waals surface area contributed by atoms with Crippen LogP contribution in [0.5, 0.6) is 0 Å². The zero-order chi connectivity index (χ0) is 19.2. The van der Waals surface area contributed by atoms with E-state index in [4.69, 9.17) is 4.98 Å². The molecule has 142 valence electrons. The highest BCUT2D eigenvalue weighted by Crippen LogP contribution is 2.30. The summed E-state index contributed by atoms with van der Waals surface area (Å²) in [6, 6.07) is 20.2. The molecule has 1 fully saturated rings. The van der Waals surface area contributed by atoms with Crippen molar-refractivity contribution in [1.82, 2.24) is 10.3 Å². The molecule has 4 heteroatoms. The number of nitrogens with zero attached hydrogens (tertiary/aromatic N) is 2. The van der Waals surface area contributed by atoms with Gasteiger partial charge in [-0.05, 0) is 62.9 Å². The summed E-state index contributed by atoms with van der Waals surface area (Å²) in [6.07, 6.45) is 5.06. The number of piperidine rings is 1. The van der Waals surface area contributed by atoms with Crippen LogP contribution < -0.4 is 10.6 Å². The van der Waals surface area contributed by atoms with Gasteiger partial charge in [-0.25, -0.2) is 4.98 Å². The highest BCUT2D eigenvalue weighted by molar-refractivity contribution is 5.94. The summed E-state index contributed by atoms with van der Waals surface area (Å²) in [6.45, 7) is 3.28. The molecular weight excluding hydrogens is 344 g/mol. The maximum atomic E-state index is 9.46. The van der Waals surface area contributed by atoms with Crippen LogP contribution in [-0.2, 0) is 0 Å². The first-order chi connectivity index (χ1) is 13.8. The van der Waals surface area contributed by atoms with Crippen molar-refractivity contribution in [3.63, 3.8) is 0 Å². The zero-order valence-electron chi connectivity index (χ0n) is 16.1. The lowest BCUT2D eigenvalue weighted by Crippen LogP contribution is -2.29. The molecule has 28 heavy (non-hydrogen) atoms. The van der Waals surface area contributed by atoms with Crippen LogP contribution in [0, 0.1) is 17.2 Å². The summed E-state index contributed by atoms with van der Waals surface area (Å²) in [5, 5.41) is 17.7. The molecule has 1 unspecified atom stereocenters. The zero-order valence-corrected chi connectivity index (χ0v) is 16.1. The number of rotatable bonds is 6. The van der Waals surface area contributed by atoms with E-state index in [0.29, 0.717) is 5.56 Å². The van der Waals surface area contributed by atoms with E-state index in [1.54, 1.807) is 0 Å². The molecule has 0 bridgehead atoms. The second-order valence-electron chi connectivity index (χ2n) is 7.51. The third-order valence-corrected chi connectivity index (χ3v) is 5.54. The van der Waals surface area contributed by atoms with Crippen LogP contribution in [0.25, 0.3) is 22.2 Å². The Hall–Kier alpha value is -2.90. The van der Waals surface area contributed by atoms with E-state index in [2.05, 4.69) is 28.8 Å². The molecule has 1 aromatic heterocycles. The highest BCUT2D eigenvalue weighted by Gasteiger charge is 2.13. The fourth-order valence-corrected chi connectivity index (χ4v) is 4.05. The van der Waals surface area contributed by atoms with Crippen molar-refractivity contribution >= 4 is 16.6 Å². The molecule has 0 spiro atoms. The molecule has 2 N–H and O–H groups in total. The third kappa shape index (κ3) is 4.16. The number of hydrogen-bond donors (Lipinski definition) is 2. The topological polar surface area (TPSA) is 60.7 Å². The molecule has 0 aliphatic carbocycles. The van der Waals surface area contributed by atoms with Crippen molar-refractivity contribution in [2.75, 3.05) is 25.0 Å². The van der Waals surface area contributed by atoms with E-state index in [9.17, 15) is 5.26 Å². The number of nitriles is 1. The average molecular weight is 370 g/mol. The first kappa shape index (κ1) is 18.5. The van der Waals surface area contributed by atoms with Gasteiger partial charge >= 0.3 is 0 Å². The van der Waals surface area contributed by atoms with Crippen LogP contribution in [0.2, 0.25) is 0 Å². The monoisotopic (exact) mass is 370 g/mol. The Bertz CT molecular complexity index is 983. The predicted molar refractivity (Wildman–Crippen MR) is 115 cm³/mol. The molecule has 0 radical (unpaired) electrons. The second-order valence-corrected chi connectivity index (χ2v) is 7.51. The maximum absolute atomic E-state index is 9.46. The average Bonchev–Trinajstić information content (AvgIpc) is 2.77. The van der Waals surface area contributed by atoms with Crippen molar-refractivity contribution in [3.05, 3.63) is 60.2 Å². The van der Waals surface area contributed by atoms with E-state index in [-0.39, 0.29) is 0 Å². The molecule has 1 atom stereocenters. The van der Waals surface area contributed by atoms with Gasteiger partial charge in [0, 0.05) is 23.2 Å². The van der Waals surface area contributed by atoms with Crippen LogP contribution in [0.4, 0.5) is 5.69 Å². The number of aromatic nitrogens is 1. The lowest BCUT2D eigenvalue weighted by Gasteiger charge is -2.22. The highest BCUT2D eigenvalue weighted by atomic mass is 14.9. The Balaban J connectivity index is 1.55. The lowest BCUT2D eigenvalue weighted by molar-refractivity contribution is 0.353. The van der Waals surface area contributed by atoms with Gasteiger partial charge < -0.3 is 10.6 Å². The Labute approximate surface area is 166 Å². The van der Waals surface area contributed by atoms with Crippen molar-refractivity contribution in [3.8, 4) is 17.3 Å². The van der Waals surface area contributed by atoms with Gasteiger partial charge in [-0.1, -0.05) is 36.4 Å². The van der Waals surface area contributed by atoms with Crippen LogP contribution in [0.15, 0.2) is 54.6 Å². The largest absolute Gasteiger partial charge is 0.384 e. The predicted octanol–water partition coefficient (Wildman–Crippen LogP) is 4.97. The first-order valence-electron chi connectivity index (χ1n) is 10.2. The van der Waals surface area contributed by atoms with E-state index in [1.165, 1.54) is 25.8 Å². The summed E-state index contributed by atoms with van der Waals surface area (Å²) in [4.78, 5) is 4.82. The number of pyridine rings is 1. The number of anilines is 1. The Morgan fingerprint density at radius 1 is 1.14 bits per heavy atom. The van der Waals surface area contributed by atoms with E-state index in [0.717, 1.165) is 53.3 Å². The van der Waals surface area contributed by atoms with Gasteiger partial charge in [-0.2, -0.15) is 5.26 Å². The molecule has 1 saturated heterocycles. The Kier molecular flexibility index (Phi) is 5.84. The Morgan fingerprint density at radius 2 is 2.00 bits per heavy atom. The third-order valence-electron chi connectivity index (χ3n) is 5.54. The second kappa shape index (κ2) is 8.86. The van der Waals surface area contributed by atoms with E-state index >= 15 is 0 Å². The van der Waals surface area contributed by atoms with Gasteiger partial charge in [0.25, 0.3) is 0 Å². The number of para-hydroxylation sites is 1. The number of fused-ring (bicyclic) bond motifs is 1. The maximum Gasteiger partial charge on any atom is 0.0998 e. The number of hydrogen-bond acceptors (Lipinski definition) is 4. The molecule has 2 heterocycles. The summed E-state index contributed by atoms with van der Waals surface area (Å²) >= 11 is 0. The van der Waals surface area contributed by atoms with Gasteiger partial charge in [-0.15, -0.1) is 0 Å². The smallest absolute Gasteiger partial charge is 0.0998 e. The fourth-order valence-electron chi connectivity index (χ4n) is 4.05. The van der Waals surface area contributed by atoms with Crippen LogP contribution >= 0.6 is 0 Å². The minimum absolute atomic E-state index is 0.654. The van der Waals surface area contributed by atoms with Crippen molar-refractivity contribution in [2.45, 2.75) is 25.7 Å². The summed E-state index contributed by atoms with van der Waals surface area (Å²) < 4.78 is 0. The van der Waals surface area contributed by atoms with Gasteiger partial charge in [0.05, 0.1) is 22.8 Å². The van der Waals surface area contributed by atoms with Crippen molar-refractivity contribution in [2.24, 2.45) is 5.92 Å². The molecule has 0 amide bonds. The minimum atomic E-state index is 0.654.